The van der Waals surface area contributed by atoms with Crippen LogP contribution in [0.15, 0.2) is 74.5 Å². The molecular weight excluding hydrogens is 378 g/mol. The molecular formula is C25H21NO4. The van der Waals surface area contributed by atoms with E-state index < -0.39 is 6.04 Å². The van der Waals surface area contributed by atoms with E-state index in [-0.39, 0.29) is 23.6 Å². The number of fused-ring (bicyclic) bond motifs is 2. The number of benzene rings is 2. The van der Waals surface area contributed by atoms with Crippen molar-refractivity contribution in [3.05, 3.63) is 105 Å². The van der Waals surface area contributed by atoms with Crippen molar-refractivity contribution in [1.82, 2.24) is 4.90 Å². The van der Waals surface area contributed by atoms with Gasteiger partial charge in [-0.15, -0.1) is 0 Å². The highest BCUT2D eigenvalue weighted by atomic mass is 16.3. The lowest BCUT2D eigenvalue weighted by atomic mass is 9.97. The molecule has 1 aliphatic heterocycles. The van der Waals surface area contributed by atoms with E-state index in [1.807, 2.05) is 49.4 Å². The van der Waals surface area contributed by atoms with Crippen LogP contribution >= 0.6 is 0 Å². The minimum atomic E-state index is -0.523. The number of amides is 1. The monoisotopic (exact) mass is 399 g/mol. The highest BCUT2D eigenvalue weighted by Gasteiger charge is 2.43. The molecule has 1 atom stereocenters. The number of furan rings is 1. The minimum Gasteiger partial charge on any atom is -0.467 e. The van der Waals surface area contributed by atoms with Gasteiger partial charge in [0.25, 0.3) is 5.91 Å². The smallest absolute Gasteiger partial charge is 0.291 e. The predicted octanol–water partition coefficient (Wildman–Crippen LogP) is 5.00. The predicted molar refractivity (Wildman–Crippen MR) is 113 cm³/mol. The van der Waals surface area contributed by atoms with Gasteiger partial charge >= 0.3 is 0 Å². The first kappa shape index (κ1) is 18.4. The van der Waals surface area contributed by atoms with E-state index in [1.54, 1.807) is 23.3 Å². The van der Waals surface area contributed by atoms with Crippen molar-refractivity contribution in [3.63, 3.8) is 0 Å². The number of hydrogen-bond acceptors (Lipinski definition) is 4. The largest absolute Gasteiger partial charge is 0.467 e. The molecule has 0 radical (unpaired) electrons. The zero-order chi connectivity index (χ0) is 20.8. The van der Waals surface area contributed by atoms with E-state index in [1.165, 1.54) is 5.56 Å². The van der Waals surface area contributed by atoms with Crippen LogP contribution in [0.3, 0.4) is 0 Å². The fourth-order valence-electron chi connectivity index (χ4n) is 4.15. The fraction of sp³-hybridized carbons (Fsp3) is 0.200. The van der Waals surface area contributed by atoms with Crippen LogP contribution in [-0.2, 0) is 13.0 Å². The Labute approximate surface area is 173 Å². The molecule has 1 amide bonds. The molecule has 150 valence electrons. The molecule has 2 aromatic carbocycles. The van der Waals surface area contributed by atoms with Gasteiger partial charge in [-0.25, -0.2) is 0 Å². The minimum absolute atomic E-state index is 0.118. The Balaban J connectivity index is 1.73. The molecule has 4 aromatic rings. The van der Waals surface area contributed by atoms with Crippen molar-refractivity contribution >= 4 is 16.9 Å². The lowest BCUT2D eigenvalue weighted by molar-refractivity contribution is 0.0701. The average molecular weight is 399 g/mol. The number of carbonyl (C=O) groups excluding carboxylic acids is 1. The Hall–Kier alpha value is -3.60. The van der Waals surface area contributed by atoms with Crippen LogP contribution in [0, 0.1) is 6.92 Å². The summed E-state index contributed by atoms with van der Waals surface area (Å²) in [5.41, 5.74) is 3.71. The Kier molecular flexibility index (Phi) is 4.31. The van der Waals surface area contributed by atoms with E-state index in [0.717, 1.165) is 17.5 Å². The Morgan fingerprint density at radius 1 is 1.03 bits per heavy atom. The Morgan fingerprint density at radius 2 is 1.83 bits per heavy atom. The van der Waals surface area contributed by atoms with Crippen LogP contribution < -0.4 is 5.43 Å². The summed E-state index contributed by atoms with van der Waals surface area (Å²) < 4.78 is 11.5. The molecule has 3 heterocycles. The first-order valence-electron chi connectivity index (χ1n) is 10.1. The third-order valence-electron chi connectivity index (χ3n) is 5.73. The van der Waals surface area contributed by atoms with Gasteiger partial charge in [-0.2, -0.15) is 0 Å². The molecule has 0 bridgehead atoms. The highest BCUT2D eigenvalue weighted by molar-refractivity contribution is 5.99. The second kappa shape index (κ2) is 7.02. The molecule has 0 fully saturated rings. The van der Waals surface area contributed by atoms with Gasteiger partial charge in [0.1, 0.15) is 11.3 Å². The molecule has 30 heavy (non-hydrogen) atoms. The number of nitrogens with zero attached hydrogens (tertiary/aromatic N) is 1. The van der Waals surface area contributed by atoms with Gasteiger partial charge in [-0.05, 0) is 48.7 Å². The average Bonchev–Trinajstić information content (AvgIpc) is 3.37. The van der Waals surface area contributed by atoms with Gasteiger partial charge in [0, 0.05) is 0 Å². The molecule has 0 saturated heterocycles. The van der Waals surface area contributed by atoms with E-state index in [4.69, 9.17) is 8.83 Å². The summed E-state index contributed by atoms with van der Waals surface area (Å²) in [7, 11) is 0. The van der Waals surface area contributed by atoms with E-state index in [0.29, 0.717) is 22.3 Å². The lowest BCUT2D eigenvalue weighted by Gasteiger charge is -2.24. The van der Waals surface area contributed by atoms with Crippen LogP contribution in [0.25, 0.3) is 11.0 Å². The molecule has 5 heteroatoms. The summed E-state index contributed by atoms with van der Waals surface area (Å²) >= 11 is 0. The molecule has 5 rings (SSSR count). The molecule has 1 aliphatic rings. The SMILES string of the molecule is CCc1ccc([C@@H]2c3c(oc4ccc(C)cc4c3=O)C(=O)N2Cc2ccco2)cc1. The molecule has 2 aromatic heterocycles. The van der Waals surface area contributed by atoms with Crippen molar-refractivity contribution in [2.75, 3.05) is 0 Å². The van der Waals surface area contributed by atoms with E-state index in [2.05, 4.69) is 6.92 Å². The normalized spacial score (nSPS) is 15.7. The zero-order valence-electron chi connectivity index (χ0n) is 16.8. The van der Waals surface area contributed by atoms with E-state index in [9.17, 15) is 9.59 Å². The van der Waals surface area contributed by atoms with Gasteiger partial charge < -0.3 is 13.7 Å². The Bertz CT molecular complexity index is 1300. The first-order chi connectivity index (χ1) is 14.6. The van der Waals surface area contributed by atoms with Crippen molar-refractivity contribution in [2.24, 2.45) is 0 Å². The second-order valence-corrected chi connectivity index (χ2v) is 7.68. The van der Waals surface area contributed by atoms with Crippen LogP contribution in [-0.4, -0.2) is 10.8 Å². The molecule has 0 spiro atoms. The molecule has 0 unspecified atom stereocenters. The van der Waals surface area contributed by atoms with Gasteiger partial charge in [-0.1, -0.05) is 42.8 Å². The van der Waals surface area contributed by atoms with Gasteiger partial charge in [-0.3, -0.25) is 9.59 Å². The van der Waals surface area contributed by atoms with E-state index >= 15 is 0 Å². The summed E-state index contributed by atoms with van der Waals surface area (Å²) in [4.78, 5) is 28.5. The van der Waals surface area contributed by atoms with Crippen LogP contribution in [0.4, 0.5) is 0 Å². The van der Waals surface area contributed by atoms with Crippen LogP contribution in [0.5, 0.6) is 0 Å². The summed E-state index contributed by atoms with van der Waals surface area (Å²) in [6.45, 7) is 4.28. The number of rotatable bonds is 4. The highest BCUT2D eigenvalue weighted by Crippen LogP contribution is 2.39. The number of carbonyl (C=O) groups is 1. The van der Waals surface area contributed by atoms with Crippen LogP contribution in [0.1, 0.15) is 51.5 Å². The summed E-state index contributed by atoms with van der Waals surface area (Å²) in [6, 6.07) is 16.6. The van der Waals surface area contributed by atoms with Gasteiger partial charge in [0.2, 0.25) is 5.76 Å². The second-order valence-electron chi connectivity index (χ2n) is 7.68. The van der Waals surface area contributed by atoms with Crippen molar-refractivity contribution in [3.8, 4) is 0 Å². The van der Waals surface area contributed by atoms with Gasteiger partial charge in [0.15, 0.2) is 5.43 Å². The maximum absolute atomic E-state index is 13.5. The quantitative estimate of drug-likeness (QED) is 0.484. The lowest BCUT2D eigenvalue weighted by Crippen LogP contribution is -2.29. The summed E-state index contributed by atoms with van der Waals surface area (Å²) in [5, 5.41) is 0.497. The van der Waals surface area contributed by atoms with Crippen molar-refractivity contribution in [1.29, 1.82) is 0 Å². The molecule has 5 nitrogen and oxygen atoms in total. The van der Waals surface area contributed by atoms with Crippen molar-refractivity contribution in [2.45, 2.75) is 32.9 Å². The molecule has 0 saturated carbocycles. The Morgan fingerprint density at radius 3 is 2.53 bits per heavy atom. The number of hydrogen-bond donors (Lipinski definition) is 0. The molecule has 0 aliphatic carbocycles. The standard InChI is InChI=1S/C25H21NO4/c1-3-16-7-9-17(10-8-16)22-21-23(27)19-13-15(2)6-11-20(19)30-24(21)25(28)26(22)14-18-5-4-12-29-18/h4-13,22H,3,14H2,1-2H3/t22-/m1/s1. The fourth-order valence-corrected chi connectivity index (χ4v) is 4.15. The van der Waals surface area contributed by atoms with Crippen LogP contribution in [0.2, 0.25) is 0 Å². The third kappa shape index (κ3) is 2.86. The maximum Gasteiger partial charge on any atom is 0.291 e. The topological polar surface area (TPSA) is 63.7 Å². The zero-order valence-corrected chi connectivity index (χ0v) is 16.8. The van der Waals surface area contributed by atoms with Gasteiger partial charge in [0.05, 0.1) is 29.8 Å². The first-order valence-corrected chi connectivity index (χ1v) is 10.1. The summed E-state index contributed by atoms with van der Waals surface area (Å²) in [6.07, 6.45) is 2.50. The third-order valence-corrected chi connectivity index (χ3v) is 5.73. The van der Waals surface area contributed by atoms with Crippen molar-refractivity contribution < 1.29 is 13.6 Å². The molecule has 0 N–H and O–H groups in total. The number of aryl methyl sites for hydroxylation is 2. The summed E-state index contributed by atoms with van der Waals surface area (Å²) in [5.74, 6) is 0.470. The maximum atomic E-state index is 13.5.